The third-order valence-corrected chi connectivity index (χ3v) is 4.19. The molecule has 0 aliphatic carbocycles. The molecule has 2 aromatic carbocycles. The van der Waals surface area contributed by atoms with Gasteiger partial charge in [-0.25, -0.2) is 0 Å². The van der Waals surface area contributed by atoms with E-state index in [-0.39, 0.29) is 11.9 Å². The molecule has 0 radical (unpaired) electrons. The van der Waals surface area contributed by atoms with Crippen molar-refractivity contribution < 1.29 is 14.3 Å². The number of carbonyl (C=O) groups is 1. The number of amides is 1. The predicted octanol–water partition coefficient (Wildman–Crippen LogP) is 3.64. The van der Waals surface area contributed by atoms with Crippen LogP contribution in [0.1, 0.15) is 24.1 Å². The largest absolute Gasteiger partial charge is 0.486 e. The van der Waals surface area contributed by atoms with E-state index < -0.39 is 0 Å². The van der Waals surface area contributed by atoms with Crippen LogP contribution >= 0.6 is 15.9 Å². The summed E-state index contributed by atoms with van der Waals surface area (Å²) in [7, 11) is 0. The molecule has 1 N–H and O–H groups in total. The van der Waals surface area contributed by atoms with Gasteiger partial charge in [-0.15, -0.1) is 0 Å². The zero-order valence-corrected chi connectivity index (χ0v) is 14.4. The Morgan fingerprint density at radius 3 is 2.74 bits per heavy atom. The van der Waals surface area contributed by atoms with E-state index in [9.17, 15) is 4.79 Å². The van der Waals surface area contributed by atoms with E-state index in [4.69, 9.17) is 9.47 Å². The summed E-state index contributed by atoms with van der Waals surface area (Å²) in [5.74, 6) is 1.43. The Morgan fingerprint density at radius 1 is 1.17 bits per heavy atom. The van der Waals surface area contributed by atoms with E-state index in [2.05, 4.69) is 21.2 Å². The molecule has 1 heterocycles. The van der Waals surface area contributed by atoms with Crippen LogP contribution in [0, 0.1) is 0 Å². The maximum atomic E-state index is 12.3. The van der Waals surface area contributed by atoms with Crippen LogP contribution in [-0.4, -0.2) is 19.1 Å². The lowest BCUT2D eigenvalue weighted by Gasteiger charge is -2.19. The van der Waals surface area contributed by atoms with Gasteiger partial charge < -0.3 is 14.8 Å². The van der Waals surface area contributed by atoms with Gasteiger partial charge in [0.05, 0.1) is 12.5 Å². The number of hydrogen-bond donors (Lipinski definition) is 1. The maximum absolute atomic E-state index is 12.3. The highest BCUT2D eigenvalue weighted by Gasteiger charge is 2.14. The Hall–Kier alpha value is -2.01. The fourth-order valence-corrected chi connectivity index (χ4v) is 2.95. The van der Waals surface area contributed by atoms with Gasteiger partial charge in [0.2, 0.25) is 5.91 Å². The van der Waals surface area contributed by atoms with Crippen LogP contribution in [-0.2, 0) is 11.2 Å². The van der Waals surface area contributed by atoms with Crippen molar-refractivity contribution in [2.24, 2.45) is 0 Å². The van der Waals surface area contributed by atoms with Gasteiger partial charge in [0, 0.05) is 4.47 Å². The van der Waals surface area contributed by atoms with Gasteiger partial charge >= 0.3 is 0 Å². The van der Waals surface area contributed by atoms with Crippen LogP contribution in [0.5, 0.6) is 11.5 Å². The molecule has 2 aromatic rings. The minimum atomic E-state index is -0.0442. The first-order chi connectivity index (χ1) is 11.1. The molecule has 0 spiro atoms. The summed E-state index contributed by atoms with van der Waals surface area (Å²) >= 11 is 3.45. The van der Waals surface area contributed by atoms with Crippen molar-refractivity contribution in [2.75, 3.05) is 13.2 Å². The number of carbonyl (C=O) groups excluding carboxylic acids is 1. The highest BCUT2D eigenvalue weighted by atomic mass is 79.9. The van der Waals surface area contributed by atoms with Crippen LogP contribution in [0.4, 0.5) is 0 Å². The van der Waals surface area contributed by atoms with Gasteiger partial charge in [0.15, 0.2) is 11.5 Å². The average Bonchev–Trinajstić information content (AvgIpc) is 2.54. The standard InChI is InChI=1S/C18H18BrNO3/c1-12(14-3-2-4-15(19)11-14)20-18(21)10-13-5-6-16-17(9-13)23-8-7-22-16/h2-6,9,11-12H,7-8,10H2,1H3,(H,20,21)/t12-/m1/s1. The molecule has 5 heteroatoms. The molecule has 1 atom stereocenters. The molecule has 4 nitrogen and oxygen atoms in total. The number of benzene rings is 2. The molecule has 0 bridgehead atoms. The van der Waals surface area contributed by atoms with Crippen LogP contribution in [0.3, 0.4) is 0 Å². The van der Waals surface area contributed by atoms with Gasteiger partial charge in [-0.2, -0.15) is 0 Å². The molecular formula is C18H18BrNO3. The monoisotopic (exact) mass is 375 g/mol. The topological polar surface area (TPSA) is 47.6 Å². The summed E-state index contributed by atoms with van der Waals surface area (Å²) in [6, 6.07) is 13.5. The summed E-state index contributed by atoms with van der Waals surface area (Å²) in [5, 5.41) is 3.02. The summed E-state index contributed by atoms with van der Waals surface area (Å²) < 4.78 is 12.0. The van der Waals surface area contributed by atoms with Crippen molar-refractivity contribution in [2.45, 2.75) is 19.4 Å². The quantitative estimate of drug-likeness (QED) is 0.887. The number of ether oxygens (including phenoxy) is 2. The highest BCUT2D eigenvalue weighted by molar-refractivity contribution is 9.10. The third kappa shape index (κ3) is 4.05. The highest BCUT2D eigenvalue weighted by Crippen LogP contribution is 2.30. The van der Waals surface area contributed by atoms with Crippen molar-refractivity contribution >= 4 is 21.8 Å². The number of rotatable bonds is 4. The Bertz CT molecular complexity index is 717. The van der Waals surface area contributed by atoms with Crippen LogP contribution in [0.2, 0.25) is 0 Å². The van der Waals surface area contributed by atoms with Crippen LogP contribution < -0.4 is 14.8 Å². The molecule has 1 aliphatic heterocycles. The molecule has 1 aliphatic rings. The lowest BCUT2D eigenvalue weighted by atomic mass is 10.1. The first-order valence-corrected chi connectivity index (χ1v) is 8.34. The van der Waals surface area contributed by atoms with E-state index in [1.165, 1.54) is 0 Å². The molecular weight excluding hydrogens is 358 g/mol. The van der Waals surface area contributed by atoms with Gasteiger partial charge in [0.25, 0.3) is 0 Å². The smallest absolute Gasteiger partial charge is 0.224 e. The third-order valence-electron chi connectivity index (χ3n) is 3.70. The lowest BCUT2D eigenvalue weighted by molar-refractivity contribution is -0.121. The van der Waals surface area contributed by atoms with Crippen molar-refractivity contribution in [3.63, 3.8) is 0 Å². The van der Waals surface area contributed by atoms with Crippen molar-refractivity contribution in [3.05, 3.63) is 58.1 Å². The fourth-order valence-electron chi connectivity index (χ4n) is 2.53. The predicted molar refractivity (Wildman–Crippen MR) is 91.8 cm³/mol. The normalized spacial score (nSPS) is 14.2. The lowest BCUT2D eigenvalue weighted by Crippen LogP contribution is -2.28. The number of halogens is 1. The second kappa shape index (κ2) is 7.04. The number of nitrogens with one attached hydrogen (secondary N) is 1. The average molecular weight is 376 g/mol. The first-order valence-electron chi connectivity index (χ1n) is 7.55. The Balaban J connectivity index is 1.63. The fraction of sp³-hybridized carbons (Fsp3) is 0.278. The molecule has 0 unspecified atom stereocenters. The Labute approximate surface area is 143 Å². The Kier molecular flexibility index (Phi) is 4.86. The summed E-state index contributed by atoms with van der Waals surface area (Å²) in [5.41, 5.74) is 1.98. The van der Waals surface area contributed by atoms with Gasteiger partial charge in [-0.3, -0.25) is 4.79 Å². The van der Waals surface area contributed by atoms with Gasteiger partial charge in [-0.1, -0.05) is 34.1 Å². The summed E-state index contributed by atoms with van der Waals surface area (Å²) in [6.07, 6.45) is 0.314. The Morgan fingerprint density at radius 2 is 1.96 bits per heavy atom. The maximum Gasteiger partial charge on any atom is 0.224 e. The molecule has 3 rings (SSSR count). The van der Waals surface area contributed by atoms with E-state index in [0.29, 0.717) is 25.4 Å². The van der Waals surface area contributed by atoms with Gasteiger partial charge in [-0.05, 0) is 42.3 Å². The van der Waals surface area contributed by atoms with E-state index in [0.717, 1.165) is 21.3 Å². The zero-order chi connectivity index (χ0) is 16.2. The molecule has 23 heavy (non-hydrogen) atoms. The van der Waals surface area contributed by atoms with Crippen LogP contribution in [0.25, 0.3) is 0 Å². The molecule has 0 aromatic heterocycles. The number of fused-ring (bicyclic) bond motifs is 1. The van der Waals surface area contributed by atoms with E-state index in [1.54, 1.807) is 0 Å². The first kappa shape index (κ1) is 15.9. The summed E-state index contributed by atoms with van der Waals surface area (Å²) in [4.78, 5) is 12.3. The minimum Gasteiger partial charge on any atom is -0.486 e. The van der Waals surface area contributed by atoms with Crippen molar-refractivity contribution in [3.8, 4) is 11.5 Å². The van der Waals surface area contributed by atoms with Gasteiger partial charge in [0.1, 0.15) is 13.2 Å². The molecule has 0 saturated carbocycles. The van der Waals surface area contributed by atoms with Crippen molar-refractivity contribution in [1.29, 1.82) is 0 Å². The zero-order valence-electron chi connectivity index (χ0n) is 12.8. The number of hydrogen-bond acceptors (Lipinski definition) is 3. The molecule has 1 amide bonds. The minimum absolute atomic E-state index is 0.0193. The SMILES string of the molecule is C[C@@H](NC(=O)Cc1ccc2c(c1)OCCO2)c1cccc(Br)c1. The molecule has 0 saturated heterocycles. The van der Waals surface area contributed by atoms with Crippen molar-refractivity contribution in [1.82, 2.24) is 5.32 Å². The molecule has 0 fully saturated rings. The van der Waals surface area contributed by atoms with Crippen LogP contribution in [0.15, 0.2) is 46.9 Å². The van der Waals surface area contributed by atoms with E-state index in [1.807, 2.05) is 49.4 Å². The van der Waals surface area contributed by atoms with E-state index >= 15 is 0 Å². The second-order valence-corrected chi connectivity index (χ2v) is 6.41. The molecule has 120 valence electrons. The summed E-state index contributed by atoms with van der Waals surface area (Å²) in [6.45, 7) is 3.09. The second-order valence-electron chi connectivity index (χ2n) is 5.50.